The normalized spacial score (nSPS) is 10.2. The van der Waals surface area contributed by atoms with Crippen molar-refractivity contribution in [3.05, 3.63) is 101 Å². The molecule has 2 amide bonds. The molecule has 3 rings (SSSR count). The van der Waals surface area contributed by atoms with E-state index < -0.39 is 5.97 Å². The van der Waals surface area contributed by atoms with E-state index >= 15 is 0 Å². The number of methoxy groups -OCH3 is 1. The van der Waals surface area contributed by atoms with E-state index in [0.717, 1.165) is 11.1 Å². The predicted octanol–water partition coefficient (Wildman–Crippen LogP) is 3.96. The molecule has 0 aromatic heterocycles. The molecule has 0 aliphatic rings. The van der Waals surface area contributed by atoms with Crippen molar-refractivity contribution in [1.29, 1.82) is 0 Å². The van der Waals surface area contributed by atoms with Gasteiger partial charge in [0.25, 0.3) is 11.8 Å². The van der Waals surface area contributed by atoms with Gasteiger partial charge in [0.1, 0.15) is 0 Å². The molecule has 0 heterocycles. The van der Waals surface area contributed by atoms with Crippen molar-refractivity contribution in [3.8, 4) is 0 Å². The molecule has 0 aliphatic heterocycles. The molecule has 2 N–H and O–H groups in total. The molecule has 0 aliphatic carbocycles. The van der Waals surface area contributed by atoms with Crippen molar-refractivity contribution in [3.63, 3.8) is 0 Å². The van der Waals surface area contributed by atoms with Crippen LogP contribution in [0, 0.1) is 6.92 Å². The van der Waals surface area contributed by atoms with Crippen LogP contribution >= 0.6 is 0 Å². The average molecular weight is 402 g/mol. The van der Waals surface area contributed by atoms with E-state index in [1.54, 1.807) is 66.7 Å². The van der Waals surface area contributed by atoms with Crippen molar-refractivity contribution in [2.24, 2.45) is 0 Å². The molecule has 30 heavy (non-hydrogen) atoms. The zero-order valence-electron chi connectivity index (χ0n) is 16.8. The third-order valence-corrected chi connectivity index (χ3v) is 4.61. The fraction of sp³-hybridized carbons (Fsp3) is 0.125. The van der Waals surface area contributed by atoms with Crippen LogP contribution < -0.4 is 10.6 Å². The SMILES string of the molecule is COC(=O)c1ccc(CNC(=O)c2ccc(C)c(NC(=O)c3ccccc3)c2)cc1. The second-order valence-electron chi connectivity index (χ2n) is 6.72. The van der Waals surface area contributed by atoms with E-state index in [-0.39, 0.29) is 11.8 Å². The Kier molecular flexibility index (Phi) is 6.60. The molecular formula is C24H22N2O4. The fourth-order valence-corrected chi connectivity index (χ4v) is 2.84. The van der Waals surface area contributed by atoms with Gasteiger partial charge in [-0.05, 0) is 54.4 Å². The van der Waals surface area contributed by atoms with Gasteiger partial charge in [-0.1, -0.05) is 36.4 Å². The number of aryl methyl sites for hydroxylation is 1. The lowest BCUT2D eigenvalue weighted by molar-refractivity contribution is 0.0600. The Morgan fingerprint density at radius 2 is 1.47 bits per heavy atom. The first-order chi connectivity index (χ1) is 14.5. The Hall–Kier alpha value is -3.93. The van der Waals surface area contributed by atoms with E-state index in [0.29, 0.717) is 28.9 Å². The van der Waals surface area contributed by atoms with Crippen LogP contribution in [0.15, 0.2) is 72.8 Å². The Morgan fingerprint density at radius 3 is 2.13 bits per heavy atom. The maximum Gasteiger partial charge on any atom is 0.337 e. The standard InChI is InChI=1S/C24H22N2O4/c1-16-8-11-20(14-21(16)26-23(28)18-6-4-3-5-7-18)22(27)25-15-17-9-12-19(13-10-17)24(29)30-2/h3-14H,15H2,1-2H3,(H,25,27)(H,26,28). The molecule has 3 aromatic carbocycles. The Bertz CT molecular complexity index is 1060. The Balaban J connectivity index is 1.65. The number of esters is 1. The minimum atomic E-state index is -0.407. The summed E-state index contributed by atoms with van der Waals surface area (Å²) in [4.78, 5) is 36.5. The highest BCUT2D eigenvalue weighted by atomic mass is 16.5. The zero-order chi connectivity index (χ0) is 21.5. The van der Waals surface area contributed by atoms with Gasteiger partial charge in [-0.2, -0.15) is 0 Å². The topological polar surface area (TPSA) is 84.5 Å². The van der Waals surface area contributed by atoms with Crippen LogP contribution in [-0.2, 0) is 11.3 Å². The lowest BCUT2D eigenvalue weighted by Gasteiger charge is -2.11. The molecule has 0 saturated carbocycles. The van der Waals surface area contributed by atoms with Gasteiger partial charge < -0.3 is 15.4 Å². The molecule has 6 nitrogen and oxygen atoms in total. The molecule has 0 bridgehead atoms. The number of amides is 2. The highest BCUT2D eigenvalue weighted by molar-refractivity contribution is 6.05. The van der Waals surface area contributed by atoms with Crippen molar-refractivity contribution in [2.45, 2.75) is 13.5 Å². The second-order valence-corrected chi connectivity index (χ2v) is 6.72. The molecule has 0 atom stereocenters. The number of carbonyl (C=O) groups is 3. The number of ether oxygens (including phenoxy) is 1. The summed E-state index contributed by atoms with van der Waals surface area (Å²) in [7, 11) is 1.33. The zero-order valence-corrected chi connectivity index (χ0v) is 16.8. The summed E-state index contributed by atoms with van der Waals surface area (Å²) in [5.74, 6) is -0.903. The van der Waals surface area contributed by atoms with Crippen molar-refractivity contribution < 1.29 is 19.1 Å². The first-order valence-corrected chi connectivity index (χ1v) is 9.40. The summed E-state index contributed by atoms with van der Waals surface area (Å²) >= 11 is 0. The molecule has 0 fully saturated rings. The van der Waals surface area contributed by atoms with Crippen LogP contribution in [0.5, 0.6) is 0 Å². The van der Waals surface area contributed by atoms with E-state index in [1.807, 2.05) is 13.0 Å². The van der Waals surface area contributed by atoms with Crippen molar-refractivity contribution in [1.82, 2.24) is 5.32 Å². The first kappa shape index (κ1) is 20.8. The van der Waals surface area contributed by atoms with E-state index in [9.17, 15) is 14.4 Å². The number of nitrogens with one attached hydrogen (secondary N) is 2. The predicted molar refractivity (Wildman–Crippen MR) is 115 cm³/mol. The smallest absolute Gasteiger partial charge is 0.337 e. The van der Waals surface area contributed by atoms with Crippen LogP contribution in [0.1, 0.15) is 42.2 Å². The van der Waals surface area contributed by atoms with Gasteiger partial charge in [0.15, 0.2) is 0 Å². The van der Waals surface area contributed by atoms with Crippen LogP contribution in [-0.4, -0.2) is 24.9 Å². The first-order valence-electron chi connectivity index (χ1n) is 9.40. The minimum Gasteiger partial charge on any atom is -0.465 e. The van der Waals surface area contributed by atoms with Crippen LogP contribution in [0.2, 0.25) is 0 Å². The van der Waals surface area contributed by atoms with Gasteiger partial charge in [-0.15, -0.1) is 0 Å². The quantitative estimate of drug-likeness (QED) is 0.611. The Labute approximate surface area is 174 Å². The third kappa shape index (κ3) is 5.11. The molecule has 6 heteroatoms. The summed E-state index contributed by atoms with van der Waals surface area (Å²) in [5, 5.41) is 5.70. The van der Waals surface area contributed by atoms with Gasteiger partial charge in [0.05, 0.1) is 12.7 Å². The molecule has 3 aromatic rings. The molecule has 0 radical (unpaired) electrons. The number of benzene rings is 3. The highest BCUT2D eigenvalue weighted by Crippen LogP contribution is 2.18. The lowest BCUT2D eigenvalue weighted by Crippen LogP contribution is -2.23. The molecule has 152 valence electrons. The molecule has 0 spiro atoms. The van der Waals surface area contributed by atoms with Crippen LogP contribution in [0.25, 0.3) is 0 Å². The number of anilines is 1. The van der Waals surface area contributed by atoms with Gasteiger partial charge in [-0.25, -0.2) is 4.79 Å². The van der Waals surface area contributed by atoms with Gasteiger partial charge in [0, 0.05) is 23.4 Å². The van der Waals surface area contributed by atoms with Gasteiger partial charge in [-0.3, -0.25) is 9.59 Å². The van der Waals surface area contributed by atoms with Crippen molar-refractivity contribution in [2.75, 3.05) is 12.4 Å². The summed E-state index contributed by atoms with van der Waals surface area (Å²) in [6, 6.07) is 20.9. The maximum absolute atomic E-state index is 12.6. The fourth-order valence-electron chi connectivity index (χ4n) is 2.84. The molecular weight excluding hydrogens is 380 g/mol. The summed E-state index contributed by atoms with van der Waals surface area (Å²) in [5.41, 5.74) is 3.72. The maximum atomic E-state index is 12.6. The second kappa shape index (κ2) is 9.52. The van der Waals surface area contributed by atoms with E-state index in [4.69, 9.17) is 0 Å². The summed E-state index contributed by atoms with van der Waals surface area (Å²) < 4.78 is 4.67. The average Bonchev–Trinajstić information content (AvgIpc) is 2.79. The van der Waals surface area contributed by atoms with E-state index in [1.165, 1.54) is 7.11 Å². The monoisotopic (exact) mass is 402 g/mol. The number of carbonyl (C=O) groups excluding carboxylic acids is 3. The minimum absolute atomic E-state index is 0.234. The summed E-state index contributed by atoms with van der Waals surface area (Å²) in [6.07, 6.45) is 0. The highest BCUT2D eigenvalue weighted by Gasteiger charge is 2.12. The molecule has 0 unspecified atom stereocenters. The van der Waals surface area contributed by atoms with Gasteiger partial charge in [0.2, 0.25) is 0 Å². The van der Waals surface area contributed by atoms with Crippen LogP contribution in [0.4, 0.5) is 5.69 Å². The van der Waals surface area contributed by atoms with Gasteiger partial charge >= 0.3 is 5.97 Å². The number of hydrogen-bond donors (Lipinski definition) is 2. The van der Waals surface area contributed by atoms with E-state index in [2.05, 4.69) is 15.4 Å². The number of rotatable bonds is 6. The van der Waals surface area contributed by atoms with Crippen LogP contribution in [0.3, 0.4) is 0 Å². The Morgan fingerprint density at radius 1 is 0.800 bits per heavy atom. The largest absolute Gasteiger partial charge is 0.465 e. The molecule has 0 saturated heterocycles. The number of hydrogen-bond acceptors (Lipinski definition) is 4. The summed E-state index contributed by atoms with van der Waals surface area (Å²) in [6.45, 7) is 2.17. The van der Waals surface area contributed by atoms with Crippen molar-refractivity contribution >= 4 is 23.5 Å². The lowest BCUT2D eigenvalue weighted by atomic mass is 10.1. The third-order valence-electron chi connectivity index (χ3n) is 4.61.